The van der Waals surface area contributed by atoms with Crippen molar-refractivity contribution >= 4 is 0 Å². The van der Waals surface area contributed by atoms with Crippen molar-refractivity contribution in [3.8, 4) is 5.75 Å². The maximum atomic E-state index is 5.34. The minimum absolute atomic E-state index is 0.571. The van der Waals surface area contributed by atoms with Crippen molar-refractivity contribution < 1.29 is 9.47 Å². The summed E-state index contributed by atoms with van der Waals surface area (Å²) in [7, 11) is 1.65. The fourth-order valence-electron chi connectivity index (χ4n) is 0.849. The number of hydrogen-bond acceptors (Lipinski definition) is 3. The summed E-state index contributed by atoms with van der Waals surface area (Å²) < 4.78 is 10.2. The molecule has 0 aliphatic rings. The molecular formula is C9H13NO2. The average molecular weight is 167 g/mol. The second-order valence-corrected chi connectivity index (χ2v) is 2.54. The van der Waals surface area contributed by atoms with Crippen LogP contribution in [0.3, 0.4) is 0 Å². The van der Waals surface area contributed by atoms with E-state index in [9.17, 15) is 0 Å². The molecule has 0 unspecified atom stereocenters. The van der Waals surface area contributed by atoms with Crippen LogP contribution in [0.5, 0.6) is 5.75 Å². The van der Waals surface area contributed by atoms with Crippen molar-refractivity contribution in [2.75, 3.05) is 20.3 Å². The Morgan fingerprint density at radius 2 is 2.17 bits per heavy atom. The van der Waals surface area contributed by atoms with Crippen LogP contribution in [0.4, 0.5) is 0 Å². The van der Waals surface area contributed by atoms with Gasteiger partial charge in [0.1, 0.15) is 12.4 Å². The van der Waals surface area contributed by atoms with Crippen LogP contribution in [0.15, 0.2) is 18.5 Å². The third-order valence-electron chi connectivity index (χ3n) is 1.41. The molecule has 0 bridgehead atoms. The Hall–Kier alpha value is -1.09. The topological polar surface area (TPSA) is 31.4 Å². The van der Waals surface area contributed by atoms with Crippen LogP contribution in [0, 0.1) is 6.92 Å². The van der Waals surface area contributed by atoms with Gasteiger partial charge in [0.15, 0.2) is 0 Å². The monoisotopic (exact) mass is 167 g/mol. The van der Waals surface area contributed by atoms with Crippen LogP contribution in [0.1, 0.15) is 5.56 Å². The Kier molecular flexibility index (Phi) is 3.54. The quantitative estimate of drug-likeness (QED) is 0.635. The maximum Gasteiger partial charge on any atom is 0.137 e. The molecule has 0 aliphatic carbocycles. The highest BCUT2D eigenvalue weighted by Gasteiger charge is 1.93. The van der Waals surface area contributed by atoms with Crippen LogP contribution in [0.2, 0.25) is 0 Å². The summed E-state index contributed by atoms with van der Waals surface area (Å²) in [6, 6.07) is 1.95. The molecule has 1 rings (SSSR count). The van der Waals surface area contributed by atoms with Crippen molar-refractivity contribution in [1.29, 1.82) is 0 Å². The normalized spacial score (nSPS) is 9.83. The zero-order valence-corrected chi connectivity index (χ0v) is 7.41. The molecule has 66 valence electrons. The number of nitrogens with zero attached hydrogens (tertiary/aromatic N) is 1. The molecule has 0 N–H and O–H groups in total. The van der Waals surface area contributed by atoms with Gasteiger partial charge in [-0.15, -0.1) is 0 Å². The molecule has 1 aromatic heterocycles. The standard InChI is InChI=1S/C9H13NO2/c1-8-5-9(7-10-6-8)12-4-3-11-2/h5-7H,3-4H2,1-2H3. The first-order valence-electron chi connectivity index (χ1n) is 3.86. The van der Waals surface area contributed by atoms with Gasteiger partial charge in [-0.25, -0.2) is 0 Å². The van der Waals surface area contributed by atoms with E-state index in [4.69, 9.17) is 9.47 Å². The fourth-order valence-corrected chi connectivity index (χ4v) is 0.849. The summed E-state index contributed by atoms with van der Waals surface area (Å²) in [4.78, 5) is 4.00. The van der Waals surface area contributed by atoms with Gasteiger partial charge in [-0.1, -0.05) is 0 Å². The molecule has 0 saturated heterocycles. The van der Waals surface area contributed by atoms with E-state index < -0.39 is 0 Å². The van der Waals surface area contributed by atoms with Gasteiger partial charge in [0.25, 0.3) is 0 Å². The van der Waals surface area contributed by atoms with Gasteiger partial charge in [0.05, 0.1) is 12.8 Å². The number of ether oxygens (including phenoxy) is 2. The van der Waals surface area contributed by atoms with E-state index in [1.807, 2.05) is 13.0 Å². The molecular weight excluding hydrogens is 154 g/mol. The van der Waals surface area contributed by atoms with Gasteiger partial charge in [-0.05, 0) is 18.6 Å². The second kappa shape index (κ2) is 4.72. The van der Waals surface area contributed by atoms with E-state index >= 15 is 0 Å². The van der Waals surface area contributed by atoms with Crippen LogP contribution >= 0.6 is 0 Å². The summed E-state index contributed by atoms with van der Waals surface area (Å²) in [5, 5.41) is 0. The van der Waals surface area contributed by atoms with E-state index in [0.29, 0.717) is 13.2 Å². The van der Waals surface area contributed by atoms with Crippen molar-refractivity contribution in [1.82, 2.24) is 4.98 Å². The highest BCUT2D eigenvalue weighted by Crippen LogP contribution is 2.09. The van der Waals surface area contributed by atoms with Gasteiger partial charge in [-0.3, -0.25) is 4.98 Å². The average Bonchev–Trinajstić information content (AvgIpc) is 2.05. The molecule has 12 heavy (non-hydrogen) atoms. The van der Waals surface area contributed by atoms with Gasteiger partial charge in [-0.2, -0.15) is 0 Å². The molecule has 1 heterocycles. The summed E-state index contributed by atoms with van der Waals surface area (Å²) in [6.07, 6.45) is 3.49. The molecule has 3 heteroatoms. The first-order chi connectivity index (χ1) is 5.83. The van der Waals surface area contributed by atoms with Crippen LogP contribution < -0.4 is 4.74 Å². The molecule has 1 aromatic rings. The molecule has 0 saturated carbocycles. The van der Waals surface area contributed by atoms with E-state index in [1.54, 1.807) is 19.5 Å². The predicted octanol–water partition coefficient (Wildman–Crippen LogP) is 1.42. The Morgan fingerprint density at radius 3 is 2.83 bits per heavy atom. The van der Waals surface area contributed by atoms with Crippen molar-refractivity contribution in [2.24, 2.45) is 0 Å². The molecule has 3 nitrogen and oxygen atoms in total. The van der Waals surface area contributed by atoms with Gasteiger partial charge in [0.2, 0.25) is 0 Å². The van der Waals surface area contributed by atoms with Gasteiger partial charge >= 0.3 is 0 Å². The smallest absolute Gasteiger partial charge is 0.137 e. The number of pyridine rings is 1. The molecule has 0 amide bonds. The minimum atomic E-state index is 0.571. The lowest BCUT2D eigenvalue weighted by molar-refractivity contribution is 0.146. The van der Waals surface area contributed by atoms with Crippen molar-refractivity contribution in [3.05, 3.63) is 24.0 Å². The zero-order chi connectivity index (χ0) is 8.81. The van der Waals surface area contributed by atoms with Crippen LogP contribution in [0.25, 0.3) is 0 Å². The van der Waals surface area contributed by atoms with Crippen molar-refractivity contribution in [3.63, 3.8) is 0 Å². The lowest BCUT2D eigenvalue weighted by atomic mass is 10.3. The third-order valence-corrected chi connectivity index (χ3v) is 1.41. The van der Waals surface area contributed by atoms with E-state index in [2.05, 4.69) is 4.98 Å². The molecule has 0 spiro atoms. The first-order valence-corrected chi connectivity index (χ1v) is 3.86. The molecule has 0 atom stereocenters. The second-order valence-electron chi connectivity index (χ2n) is 2.54. The number of aromatic nitrogens is 1. The highest BCUT2D eigenvalue weighted by molar-refractivity contribution is 5.22. The largest absolute Gasteiger partial charge is 0.490 e. The van der Waals surface area contributed by atoms with Crippen molar-refractivity contribution in [2.45, 2.75) is 6.92 Å². The first kappa shape index (κ1) is 9.00. The zero-order valence-electron chi connectivity index (χ0n) is 7.41. The van der Waals surface area contributed by atoms with Crippen LogP contribution in [-0.2, 0) is 4.74 Å². The van der Waals surface area contributed by atoms with E-state index in [0.717, 1.165) is 11.3 Å². The summed E-state index contributed by atoms with van der Waals surface area (Å²) in [5.41, 5.74) is 1.10. The van der Waals surface area contributed by atoms with Gasteiger partial charge < -0.3 is 9.47 Å². The highest BCUT2D eigenvalue weighted by atomic mass is 16.5. The maximum absolute atomic E-state index is 5.34. The molecule has 0 radical (unpaired) electrons. The lowest BCUT2D eigenvalue weighted by Gasteiger charge is -2.04. The Bertz CT molecular complexity index is 238. The number of methoxy groups -OCH3 is 1. The number of hydrogen-bond donors (Lipinski definition) is 0. The molecule has 0 aliphatic heterocycles. The third kappa shape index (κ3) is 2.88. The van der Waals surface area contributed by atoms with E-state index in [1.165, 1.54) is 0 Å². The Morgan fingerprint density at radius 1 is 1.33 bits per heavy atom. The molecule has 0 aromatic carbocycles. The predicted molar refractivity (Wildman–Crippen MR) is 46.3 cm³/mol. The SMILES string of the molecule is COCCOc1cncc(C)c1. The summed E-state index contributed by atoms with van der Waals surface area (Å²) >= 11 is 0. The summed E-state index contributed by atoms with van der Waals surface area (Å²) in [5.74, 6) is 0.798. The summed E-state index contributed by atoms with van der Waals surface area (Å²) in [6.45, 7) is 3.16. The van der Waals surface area contributed by atoms with E-state index in [-0.39, 0.29) is 0 Å². The Balaban J connectivity index is 2.41. The molecule has 0 fully saturated rings. The van der Waals surface area contributed by atoms with Gasteiger partial charge in [0, 0.05) is 13.3 Å². The lowest BCUT2D eigenvalue weighted by Crippen LogP contribution is -2.04. The Labute approximate surface area is 72.3 Å². The number of rotatable bonds is 4. The minimum Gasteiger partial charge on any atom is -0.490 e. The number of aryl methyl sites for hydroxylation is 1. The van der Waals surface area contributed by atoms with Crippen LogP contribution in [-0.4, -0.2) is 25.3 Å². The fraction of sp³-hybridized carbons (Fsp3) is 0.444.